The molecule has 0 radical (unpaired) electrons. The number of fused-ring (bicyclic) bond motifs is 1. The molecule has 0 saturated carbocycles. The van der Waals surface area contributed by atoms with E-state index in [4.69, 9.17) is 19.6 Å². The van der Waals surface area contributed by atoms with Gasteiger partial charge in [0.2, 0.25) is 11.8 Å². The second kappa shape index (κ2) is 11.1. The zero-order valence-electron chi connectivity index (χ0n) is 21.7. The second-order valence-corrected chi connectivity index (χ2v) is 9.53. The summed E-state index contributed by atoms with van der Waals surface area (Å²) in [6, 6.07) is 27.3. The van der Waals surface area contributed by atoms with Crippen LogP contribution in [0.25, 0.3) is 27.7 Å². The van der Waals surface area contributed by atoms with Gasteiger partial charge in [0.25, 0.3) is 0 Å². The largest absolute Gasteiger partial charge is 0.473 e. The van der Waals surface area contributed by atoms with Crippen molar-refractivity contribution in [2.75, 3.05) is 13.1 Å². The predicted octanol–water partition coefficient (Wildman–Crippen LogP) is 6.31. The molecule has 0 bridgehead atoms. The third-order valence-corrected chi connectivity index (χ3v) is 6.89. The standard InChI is InChI=1S/C32H29FN4O2/c1-37-31-26(13-12-25(29(31)33)24-16-18-34-19-17-24)30(36-37)27-14-15-28(38-20-22-8-4-2-5-9-22)35-32(27)39-21-23-10-6-3-7-11-23/h2-16,34H,17-21H2,1H3. The first kappa shape index (κ1) is 24.8. The average Bonchev–Trinajstić information content (AvgIpc) is 3.33. The molecule has 1 N–H and O–H groups in total. The summed E-state index contributed by atoms with van der Waals surface area (Å²) in [6.07, 6.45) is 2.84. The van der Waals surface area contributed by atoms with Gasteiger partial charge in [-0.15, -0.1) is 0 Å². The van der Waals surface area contributed by atoms with Gasteiger partial charge in [-0.05, 0) is 41.8 Å². The highest BCUT2D eigenvalue weighted by Gasteiger charge is 2.22. The summed E-state index contributed by atoms with van der Waals surface area (Å²) in [4.78, 5) is 4.71. The van der Waals surface area contributed by atoms with E-state index < -0.39 is 0 Å². The molecule has 1 aliphatic heterocycles. The summed E-state index contributed by atoms with van der Waals surface area (Å²) >= 11 is 0. The van der Waals surface area contributed by atoms with Gasteiger partial charge in [-0.1, -0.05) is 72.8 Å². The van der Waals surface area contributed by atoms with Gasteiger partial charge in [-0.3, -0.25) is 4.68 Å². The smallest absolute Gasteiger partial charge is 0.226 e. The fraction of sp³-hybridized carbons (Fsp3) is 0.188. The minimum absolute atomic E-state index is 0.260. The van der Waals surface area contributed by atoms with Crippen LogP contribution in [-0.2, 0) is 20.3 Å². The van der Waals surface area contributed by atoms with Gasteiger partial charge in [0, 0.05) is 30.6 Å². The van der Waals surface area contributed by atoms with E-state index in [0.717, 1.165) is 36.2 Å². The SMILES string of the molecule is Cn1nc(-c2ccc(OCc3ccccc3)nc2OCc2ccccc2)c2ccc(C3=CCNCC3)c(F)c21. The minimum Gasteiger partial charge on any atom is -0.473 e. The molecule has 6 rings (SSSR count). The Morgan fingerprint density at radius 1 is 0.846 bits per heavy atom. The Morgan fingerprint density at radius 3 is 2.23 bits per heavy atom. The Bertz CT molecular complexity index is 1630. The molecular weight excluding hydrogens is 491 g/mol. The fourth-order valence-corrected chi connectivity index (χ4v) is 4.89. The summed E-state index contributed by atoms with van der Waals surface area (Å²) in [5.41, 5.74) is 5.45. The highest BCUT2D eigenvalue weighted by Crippen LogP contribution is 2.37. The molecule has 3 heterocycles. The molecule has 2 aromatic heterocycles. The molecule has 0 atom stereocenters. The first-order valence-electron chi connectivity index (χ1n) is 13.1. The number of nitrogens with zero attached hydrogens (tertiary/aromatic N) is 3. The van der Waals surface area contributed by atoms with Crippen LogP contribution in [0.5, 0.6) is 11.8 Å². The van der Waals surface area contributed by atoms with Crippen molar-refractivity contribution in [2.45, 2.75) is 19.6 Å². The number of rotatable bonds is 8. The number of nitrogens with one attached hydrogen (secondary N) is 1. The third kappa shape index (κ3) is 5.26. The van der Waals surface area contributed by atoms with Gasteiger partial charge in [0.15, 0.2) is 5.82 Å². The molecule has 1 aliphatic rings. The van der Waals surface area contributed by atoms with Crippen molar-refractivity contribution >= 4 is 16.5 Å². The van der Waals surface area contributed by atoms with Gasteiger partial charge < -0.3 is 14.8 Å². The van der Waals surface area contributed by atoms with E-state index in [1.165, 1.54) is 0 Å². The highest BCUT2D eigenvalue weighted by atomic mass is 19.1. The van der Waals surface area contributed by atoms with E-state index in [1.807, 2.05) is 78.9 Å². The summed E-state index contributed by atoms with van der Waals surface area (Å²) in [5, 5.41) is 8.72. The van der Waals surface area contributed by atoms with Gasteiger partial charge in [-0.25, -0.2) is 4.39 Å². The second-order valence-electron chi connectivity index (χ2n) is 9.53. The first-order chi connectivity index (χ1) is 19.2. The zero-order valence-corrected chi connectivity index (χ0v) is 21.7. The van der Waals surface area contributed by atoms with Crippen LogP contribution in [0.2, 0.25) is 0 Å². The van der Waals surface area contributed by atoms with E-state index in [0.29, 0.717) is 52.7 Å². The van der Waals surface area contributed by atoms with Gasteiger partial charge >= 0.3 is 0 Å². The molecule has 0 fully saturated rings. The lowest BCUT2D eigenvalue weighted by Crippen LogP contribution is -2.20. The number of aromatic nitrogens is 3. The van der Waals surface area contributed by atoms with Crippen molar-refractivity contribution in [3.05, 3.63) is 114 Å². The van der Waals surface area contributed by atoms with Gasteiger partial charge in [0.1, 0.15) is 24.4 Å². The zero-order chi connectivity index (χ0) is 26.6. The molecule has 5 aromatic rings. The summed E-state index contributed by atoms with van der Waals surface area (Å²) < 4.78 is 29.7. The maximum absolute atomic E-state index is 15.9. The number of pyridine rings is 1. The van der Waals surface area contributed by atoms with E-state index >= 15 is 4.39 Å². The van der Waals surface area contributed by atoms with E-state index in [-0.39, 0.29) is 5.82 Å². The quantitative estimate of drug-likeness (QED) is 0.260. The summed E-state index contributed by atoms with van der Waals surface area (Å²) in [7, 11) is 1.77. The van der Waals surface area contributed by atoms with Crippen LogP contribution in [0.3, 0.4) is 0 Å². The molecular formula is C32H29FN4O2. The lowest BCUT2D eigenvalue weighted by atomic mass is 9.97. The molecule has 0 saturated heterocycles. The van der Waals surface area contributed by atoms with E-state index in [1.54, 1.807) is 17.8 Å². The monoisotopic (exact) mass is 520 g/mol. The number of aryl methyl sites for hydroxylation is 1. The van der Waals surface area contributed by atoms with Crippen molar-refractivity contribution in [3.8, 4) is 23.0 Å². The highest BCUT2D eigenvalue weighted by molar-refractivity contribution is 5.96. The van der Waals surface area contributed by atoms with Crippen LogP contribution >= 0.6 is 0 Å². The Hall–Kier alpha value is -4.49. The van der Waals surface area contributed by atoms with Crippen molar-refractivity contribution in [3.63, 3.8) is 0 Å². The lowest BCUT2D eigenvalue weighted by molar-refractivity contribution is 0.268. The minimum atomic E-state index is -0.260. The molecule has 0 aliphatic carbocycles. The molecule has 3 aromatic carbocycles. The number of halogens is 1. The first-order valence-corrected chi connectivity index (χ1v) is 13.1. The maximum atomic E-state index is 15.9. The Balaban J connectivity index is 1.38. The normalized spacial score (nSPS) is 13.3. The predicted molar refractivity (Wildman–Crippen MR) is 151 cm³/mol. The number of benzene rings is 3. The van der Waals surface area contributed by atoms with Crippen LogP contribution in [-0.4, -0.2) is 27.9 Å². The van der Waals surface area contributed by atoms with E-state index in [9.17, 15) is 0 Å². The van der Waals surface area contributed by atoms with E-state index in [2.05, 4.69) is 11.4 Å². The van der Waals surface area contributed by atoms with Crippen molar-refractivity contribution in [1.82, 2.24) is 20.1 Å². The van der Waals surface area contributed by atoms with Crippen LogP contribution < -0.4 is 14.8 Å². The Kier molecular flexibility index (Phi) is 7.06. The summed E-state index contributed by atoms with van der Waals surface area (Å²) in [6.45, 7) is 2.30. The molecule has 39 heavy (non-hydrogen) atoms. The topological polar surface area (TPSA) is 61.2 Å². The Labute approximate surface area is 226 Å². The third-order valence-electron chi connectivity index (χ3n) is 6.89. The van der Waals surface area contributed by atoms with Crippen LogP contribution in [0.1, 0.15) is 23.1 Å². The van der Waals surface area contributed by atoms with Gasteiger partial charge in [0.05, 0.1) is 5.56 Å². The van der Waals surface area contributed by atoms with Crippen molar-refractivity contribution in [1.29, 1.82) is 0 Å². The molecule has 6 nitrogen and oxygen atoms in total. The number of hydrogen-bond acceptors (Lipinski definition) is 5. The molecule has 0 spiro atoms. The molecule has 0 amide bonds. The fourth-order valence-electron chi connectivity index (χ4n) is 4.89. The number of ether oxygens (including phenoxy) is 2. The summed E-state index contributed by atoms with van der Waals surface area (Å²) in [5.74, 6) is 0.566. The Morgan fingerprint density at radius 2 is 1.54 bits per heavy atom. The van der Waals surface area contributed by atoms with Crippen LogP contribution in [0, 0.1) is 5.82 Å². The van der Waals surface area contributed by atoms with Gasteiger partial charge in [-0.2, -0.15) is 10.1 Å². The molecule has 196 valence electrons. The maximum Gasteiger partial charge on any atom is 0.226 e. The lowest BCUT2D eigenvalue weighted by Gasteiger charge is -2.15. The molecule has 7 heteroatoms. The van der Waals surface area contributed by atoms with Crippen molar-refractivity contribution < 1.29 is 13.9 Å². The number of hydrogen-bond donors (Lipinski definition) is 1. The average molecular weight is 521 g/mol. The van der Waals surface area contributed by atoms with Crippen molar-refractivity contribution in [2.24, 2.45) is 7.05 Å². The molecule has 0 unspecified atom stereocenters. The van der Waals surface area contributed by atoms with Crippen LogP contribution in [0.15, 0.2) is 91.0 Å². The van der Waals surface area contributed by atoms with Crippen LogP contribution in [0.4, 0.5) is 4.39 Å².